The summed E-state index contributed by atoms with van der Waals surface area (Å²) in [5.74, 6) is 1.06. The van der Waals surface area contributed by atoms with Crippen LogP contribution in [0.25, 0.3) is 0 Å². The topological polar surface area (TPSA) is 31.4 Å². The molecule has 0 spiro atoms. The zero-order valence-corrected chi connectivity index (χ0v) is 13.7. The van der Waals surface area contributed by atoms with Gasteiger partial charge in [0.2, 0.25) is 0 Å². The molecule has 4 heteroatoms. The van der Waals surface area contributed by atoms with Gasteiger partial charge in [-0.25, -0.2) is 4.98 Å². The van der Waals surface area contributed by atoms with Crippen molar-refractivity contribution in [3.05, 3.63) is 23.9 Å². The smallest absolute Gasteiger partial charge is 0.128 e. The molecule has 0 aliphatic rings. The van der Waals surface area contributed by atoms with Crippen LogP contribution in [0.3, 0.4) is 0 Å². The molecule has 0 aliphatic carbocycles. The van der Waals surface area contributed by atoms with E-state index in [1.165, 1.54) is 5.56 Å². The molecule has 0 radical (unpaired) electrons. The minimum Gasteiger partial charge on any atom is -0.360 e. The Morgan fingerprint density at radius 3 is 2.65 bits per heavy atom. The molecule has 0 amide bonds. The zero-order valence-electron chi connectivity index (χ0n) is 13.7. The second-order valence-corrected chi connectivity index (χ2v) is 5.70. The molecule has 0 aliphatic heterocycles. The van der Waals surface area contributed by atoms with Gasteiger partial charge in [-0.1, -0.05) is 6.92 Å². The maximum atomic E-state index is 4.48. The molecule has 1 unspecified atom stereocenters. The summed E-state index contributed by atoms with van der Waals surface area (Å²) in [4.78, 5) is 8.94. The Morgan fingerprint density at radius 1 is 1.25 bits per heavy atom. The van der Waals surface area contributed by atoms with Crippen LogP contribution in [0.4, 0.5) is 5.82 Å². The normalized spacial score (nSPS) is 12.7. The summed E-state index contributed by atoms with van der Waals surface area (Å²) in [6.45, 7) is 7.60. The van der Waals surface area contributed by atoms with Crippen LogP contribution in [0.15, 0.2) is 18.3 Å². The van der Waals surface area contributed by atoms with Gasteiger partial charge in [-0.05, 0) is 64.6 Å². The lowest BCUT2D eigenvalue weighted by molar-refractivity contribution is 0.401. The minimum absolute atomic E-state index is 0.381. The molecule has 0 aromatic carbocycles. The maximum absolute atomic E-state index is 4.48. The fourth-order valence-corrected chi connectivity index (χ4v) is 2.13. The van der Waals surface area contributed by atoms with E-state index in [-0.39, 0.29) is 0 Å². The first-order valence-electron chi connectivity index (χ1n) is 7.59. The van der Waals surface area contributed by atoms with Gasteiger partial charge < -0.3 is 15.1 Å². The van der Waals surface area contributed by atoms with E-state index < -0.39 is 0 Å². The molecule has 1 aromatic rings. The third-order valence-electron chi connectivity index (χ3n) is 3.46. The largest absolute Gasteiger partial charge is 0.360 e. The molecule has 0 saturated heterocycles. The van der Waals surface area contributed by atoms with Crippen molar-refractivity contribution in [2.75, 3.05) is 45.7 Å². The number of hydrogen-bond acceptors (Lipinski definition) is 4. The van der Waals surface area contributed by atoms with Crippen LogP contribution in [0, 0.1) is 0 Å². The van der Waals surface area contributed by atoms with Gasteiger partial charge in [0.25, 0.3) is 0 Å². The van der Waals surface area contributed by atoms with Crippen LogP contribution in [0.1, 0.15) is 38.3 Å². The van der Waals surface area contributed by atoms with Gasteiger partial charge in [-0.2, -0.15) is 0 Å². The van der Waals surface area contributed by atoms with Crippen LogP contribution in [-0.4, -0.2) is 50.7 Å². The highest BCUT2D eigenvalue weighted by Crippen LogP contribution is 2.17. The predicted molar refractivity (Wildman–Crippen MR) is 87.4 cm³/mol. The molecule has 4 nitrogen and oxygen atoms in total. The molecule has 1 heterocycles. The van der Waals surface area contributed by atoms with Crippen LogP contribution in [0.5, 0.6) is 0 Å². The molecule has 1 rings (SSSR count). The Labute approximate surface area is 124 Å². The molecule has 20 heavy (non-hydrogen) atoms. The lowest BCUT2D eigenvalue weighted by Crippen LogP contribution is -2.24. The molecule has 0 bridgehead atoms. The Morgan fingerprint density at radius 2 is 2.00 bits per heavy atom. The molecule has 1 atom stereocenters. The van der Waals surface area contributed by atoms with E-state index >= 15 is 0 Å². The second kappa shape index (κ2) is 8.93. The fourth-order valence-electron chi connectivity index (χ4n) is 2.13. The number of hydrogen-bond donors (Lipinski definition) is 1. The Bertz CT molecular complexity index is 378. The third-order valence-corrected chi connectivity index (χ3v) is 3.46. The summed E-state index contributed by atoms with van der Waals surface area (Å²) in [6, 6.07) is 4.68. The van der Waals surface area contributed by atoms with Crippen molar-refractivity contribution in [3.63, 3.8) is 0 Å². The van der Waals surface area contributed by atoms with E-state index in [1.54, 1.807) is 0 Å². The van der Waals surface area contributed by atoms with E-state index in [0.717, 1.165) is 38.3 Å². The Hall–Kier alpha value is -1.13. The van der Waals surface area contributed by atoms with E-state index in [2.05, 4.69) is 67.2 Å². The molecule has 1 N–H and O–H groups in total. The Kier molecular flexibility index (Phi) is 7.55. The Balaban J connectivity index is 2.57. The molecule has 1 aromatic heterocycles. The summed E-state index contributed by atoms with van der Waals surface area (Å²) in [7, 11) is 6.34. The number of nitrogens with zero attached hydrogens (tertiary/aromatic N) is 3. The summed E-state index contributed by atoms with van der Waals surface area (Å²) < 4.78 is 0. The van der Waals surface area contributed by atoms with Crippen molar-refractivity contribution in [1.82, 2.24) is 15.2 Å². The monoisotopic (exact) mass is 278 g/mol. The van der Waals surface area contributed by atoms with Gasteiger partial charge in [0.05, 0.1) is 0 Å². The first-order valence-corrected chi connectivity index (χ1v) is 7.59. The first-order chi connectivity index (χ1) is 9.54. The summed E-state index contributed by atoms with van der Waals surface area (Å²) in [5.41, 5.74) is 1.31. The van der Waals surface area contributed by atoms with Gasteiger partial charge in [-0.15, -0.1) is 0 Å². The summed E-state index contributed by atoms with van der Waals surface area (Å²) in [5, 5.41) is 3.52. The zero-order chi connectivity index (χ0) is 15.0. The van der Waals surface area contributed by atoms with Crippen LogP contribution in [0.2, 0.25) is 0 Å². The molecular weight excluding hydrogens is 248 g/mol. The van der Waals surface area contributed by atoms with Crippen molar-refractivity contribution in [2.24, 2.45) is 0 Å². The predicted octanol–water partition coefficient (Wildman–Crippen LogP) is 2.53. The van der Waals surface area contributed by atoms with Crippen LogP contribution in [-0.2, 0) is 0 Å². The minimum atomic E-state index is 0.381. The molecular formula is C16H30N4. The summed E-state index contributed by atoms with van der Waals surface area (Å²) in [6.07, 6.45) is 4.23. The number of pyridine rings is 1. The van der Waals surface area contributed by atoms with E-state index in [0.29, 0.717) is 6.04 Å². The SMILES string of the molecule is CCCNC(C)c1ccnc(N(C)CCCN(C)C)c1. The summed E-state index contributed by atoms with van der Waals surface area (Å²) >= 11 is 0. The van der Waals surface area contributed by atoms with E-state index in [9.17, 15) is 0 Å². The van der Waals surface area contributed by atoms with Crippen molar-refractivity contribution < 1.29 is 0 Å². The molecule has 114 valence electrons. The average Bonchev–Trinajstić information content (AvgIpc) is 2.44. The van der Waals surface area contributed by atoms with Gasteiger partial charge in [0.15, 0.2) is 0 Å². The van der Waals surface area contributed by atoms with Crippen LogP contribution < -0.4 is 10.2 Å². The number of anilines is 1. The van der Waals surface area contributed by atoms with E-state index in [4.69, 9.17) is 0 Å². The molecule has 0 fully saturated rings. The highest BCUT2D eigenvalue weighted by Gasteiger charge is 2.08. The van der Waals surface area contributed by atoms with E-state index in [1.807, 2.05) is 6.20 Å². The van der Waals surface area contributed by atoms with Crippen molar-refractivity contribution in [2.45, 2.75) is 32.7 Å². The van der Waals surface area contributed by atoms with Gasteiger partial charge in [0.1, 0.15) is 5.82 Å². The van der Waals surface area contributed by atoms with Gasteiger partial charge in [0, 0.05) is 25.8 Å². The second-order valence-electron chi connectivity index (χ2n) is 5.70. The maximum Gasteiger partial charge on any atom is 0.128 e. The highest BCUT2D eigenvalue weighted by molar-refractivity contribution is 5.40. The number of aromatic nitrogens is 1. The van der Waals surface area contributed by atoms with Crippen molar-refractivity contribution >= 4 is 5.82 Å². The molecule has 0 saturated carbocycles. The van der Waals surface area contributed by atoms with Gasteiger partial charge >= 0.3 is 0 Å². The number of rotatable bonds is 9. The first kappa shape index (κ1) is 16.9. The fraction of sp³-hybridized carbons (Fsp3) is 0.688. The van der Waals surface area contributed by atoms with Crippen LogP contribution >= 0.6 is 0 Å². The lowest BCUT2D eigenvalue weighted by Gasteiger charge is -2.21. The number of nitrogens with one attached hydrogen (secondary N) is 1. The quantitative estimate of drug-likeness (QED) is 0.752. The lowest BCUT2D eigenvalue weighted by atomic mass is 10.1. The highest BCUT2D eigenvalue weighted by atomic mass is 15.2. The van der Waals surface area contributed by atoms with Crippen molar-refractivity contribution in [3.8, 4) is 0 Å². The standard InChI is InChI=1S/C16H30N4/c1-6-9-17-14(2)15-8-10-18-16(13-15)20(5)12-7-11-19(3)4/h8,10,13-14,17H,6-7,9,11-12H2,1-5H3. The van der Waals surface area contributed by atoms with Crippen molar-refractivity contribution in [1.29, 1.82) is 0 Å². The third kappa shape index (κ3) is 5.88. The van der Waals surface area contributed by atoms with Gasteiger partial charge in [-0.3, -0.25) is 0 Å². The average molecular weight is 278 g/mol.